The molecule has 9 rings (SSSR count). The highest BCUT2D eigenvalue weighted by Gasteiger charge is 2.18. The molecule has 0 atom stereocenters. The lowest BCUT2D eigenvalue weighted by Gasteiger charge is -2.15. The third-order valence-corrected chi connectivity index (χ3v) is 8.56. The Bertz CT molecular complexity index is 2460. The molecule has 2 aromatic heterocycles. The lowest BCUT2D eigenvalue weighted by Crippen LogP contribution is -1.93. The van der Waals surface area contributed by atoms with Crippen LogP contribution in [0.3, 0.4) is 0 Å². The Hall–Kier alpha value is -5.47. The number of fused-ring (bicyclic) bond motifs is 11. The van der Waals surface area contributed by atoms with Gasteiger partial charge in [-0.05, 0) is 73.5 Å². The monoisotopic (exact) mass is 520 g/mol. The molecule has 0 fully saturated rings. The van der Waals surface area contributed by atoms with Crippen LogP contribution in [0.4, 0.5) is 0 Å². The number of hydrogen-bond acceptors (Lipinski definition) is 1. The first kappa shape index (κ1) is 22.4. The van der Waals surface area contributed by atoms with Crippen LogP contribution >= 0.6 is 0 Å². The van der Waals surface area contributed by atoms with E-state index in [-0.39, 0.29) is 0 Å². The van der Waals surface area contributed by atoms with E-state index >= 15 is 0 Å². The Kier molecular flexibility index (Phi) is 4.64. The van der Waals surface area contributed by atoms with Crippen LogP contribution in [0.5, 0.6) is 0 Å². The van der Waals surface area contributed by atoms with Gasteiger partial charge in [-0.2, -0.15) is 0 Å². The second-order valence-corrected chi connectivity index (χ2v) is 10.8. The molecule has 0 N–H and O–H groups in total. The van der Waals surface area contributed by atoms with Gasteiger partial charge in [0.15, 0.2) is 0 Å². The van der Waals surface area contributed by atoms with Crippen molar-refractivity contribution >= 4 is 59.9 Å². The number of para-hydroxylation sites is 3. The summed E-state index contributed by atoms with van der Waals surface area (Å²) < 4.78 is 2.33. The molecular formula is C39H24N2. The maximum atomic E-state index is 5.18. The molecule has 7 aromatic carbocycles. The molecule has 0 aliphatic carbocycles. The van der Waals surface area contributed by atoms with Crippen LogP contribution in [-0.4, -0.2) is 9.38 Å². The number of imidazole rings is 1. The molecular weight excluding hydrogens is 496 g/mol. The summed E-state index contributed by atoms with van der Waals surface area (Å²) in [6.07, 6.45) is 0. The highest BCUT2D eigenvalue weighted by Crippen LogP contribution is 2.41. The van der Waals surface area contributed by atoms with E-state index < -0.39 is 0 Å². The van der Waals surface area contributed by atoms with Gasteiger partial charge in [-0.15, -0.1) is 0 Å². The van der Waals surface area contributed by atoms with Gasteiger partial charge in [0.05, 0.1) is 16.6 Å². The molecule has 2 heterocycles. The molecule has 0 bridgehead atoms. The predicted molar refractivity (Wildman–Crippen MR) is 174 cm³/mol. The number of pyridine rings is 1. The van der Waals surface area contributed by atoms with Crippen molar-refractivity contribution in [3.8, 4) is 22.3 Å². The molecule has 0 unspecified atom stereocenters. The molecule has 190 valence electrons. The van der Waals surface area contributed by atoms with E-state index in [2.05, 4.69) is 150 Å². The Balaban J connectivity index is 1.34. The normalized spacial score (nSPS) is 11.9. The molecule has 0 spiro atoms. The van der Waals surface area contributed by atoms with E-state index in [1.54, 1.807) is 0 Å². The largest absolute Gasteiger partial charge is 0.292 e. The van der Waals surface area contributed by atoms with Crippen LogP contribution < -0.4 is 0 Å². The standard InChI is InChI=1S/C39H24N2/c1-2-12-28-25(10-1)11-9-16-29(28)26-20-22-27(23-21-26)33-24-34-31-14-5-7-18-36(31)41-37-19-8-6-17-35(37)40-39(41)38(34)32-15-4-3-13-30(32)33/h1-24H. The van der Waals surface area contributed by atoms with Gasteiger partial charge in [0.2, 0.25) is 0 Å². The van der Waals surface area contributed by atoms with Crippen molar-refractivity contribution in [2.45, 2.75) is 0 Å². The van der Waals surface area contributed by atoms with Gasteiger partial charge in [0.25, 0.3) is 0 Å². The molecule has 0 saturated carbocycles. The zero-order chi connectivity index (χ0) is 26.9. The van der Waals surface area contributed by atoms with E-state index in [9.17, 15) is 0 Å². The summed E-state index contributed by atoms with van der Waals surface area (Å²) in [4.78, 5) is 5.18. The number of hydrogen-bond donors (Lipinski definition) is 0. The van der Waals surface area contributed by atoms with Gasteiger partial charge in [-0.1, -0.05) is 121 Å². The maximum absolute atomic E-state index is 5.18. The molecule has 0 amide bonds. The Morgan fingerprint density at radius 3 is 1.85 bits per heavy atom. The molecule has 0 radical (unpaired) electrons. The first-order chi connectivity index (χ1) is 20.3. The summed E-state index contributed by atoms with van der Waals surface area (Å²) in [5.74, 6) is 0. The molecule has 0 aliphatic heterocycles. The minimum atomic E-state index is 1.01. The van der Waals surface area contributed by atoms with Crippen LogP contribution in [0.15, 0.2) is 146 Å². The fraction of sp³-hybridized carbons (Fsp3) is 0. The summed E-state index contributed by atoms with van der Waals surface area (Å²) in [5.41, 5.74) is 9.28. The predicted octanol–water partition coefficient (Wildman–Crippen LogP) is 10.4. The number of aromatic nitrogens is 2. The summed E-state index contributed by atoms with van der Waals surface area (Å²) in [6.45, 7) is 0. The zero-order valence-corrected chi connectivity index (χ0v) is 22.3. The molecule has 9 aromatic rings. The first-order valence-corrected chi connectivity index (χ1v) is 14.1. The van der Waals surface area contributed by atoms with Crippen molar-refractivity contribution in [2.24, 2.45) is 0 Å². The van der Waals surface area contributed by atoms with Crippen LogP contribution in [-0.2, 0) is 0 Å². The summed E-state index contributed by atoms with van der Waals surface area (Å²) in [5, 5.41) is 8.67. The first-order valence-electron chi connectivity index (χ1n) is 14.1. The van der Waals surface area contributed by atoms with Crippen molar-refractivity contribution in [3.05, 3.63) is 146 Å². The molecule has 2 nitrogen and oxygen atoms in total. The lowest BCUT2D eigenvalue weighted by molar-refractivity contribution is 1.32. The SMILES string of the molecule is c1ccc2c(-c3ccc(-c4cc5c6ccccc6n6c7ccccc7nc6c5c5ccccc45)cc3)cccc2c1. The third-order valence-electron chi connectivity index (χ3n) is 8.56. The van der Waals surface area contributed by atoms with Crippen LogP contribution in [0.25, 0.3) is 82.2 Å². The number of benzene rings is 7. The number of nitrogens with zero attached hydrogens (tertiary/aromatic N) is 2. The highest BCUT2D eigenvalue weighted by atomic mass is 15.0. The van der Waals surface area contributed by atoms with Gasteiger partial charge in [0.1, 0.15) is 5.65 Å². The fourth-order valence-corrected chi connectivity index (χ4v) is 6.71. The molecule has 2 heteroatoms. The van der Waals surface area contributed by atoms with Gasteiger partial charge in [0, 0.05) is 10.8 Å². The minimum Gasteiger partial charge on any atom is -0.292 e. The van der Waals surface area contributed by atoms with Crippen LogP contribution in [0.2, 0.25) is 0 Å². The van der Waals surface area contributed by atoms with E-state index in [1.165, 1.54) is 65.5 Å². The lowest BCUT2D eigenvalue weighted by atomic mass is 9.91. The number of rotatable bonds is 2. The second kappa shape index (κ2) is 8.51. The topological polar surface area (TPSA) is 17.3 Å². The van der Waals surface area contributed by atoms with E-state index in [0.29, 0.717) is 0 Å². The van der Waals surface area contributed by atoms with Crippen molar-refractivity contribution in [3.63, 3.8) is 0 Å². The van der Waals surface area contributed by atoms with E-state index in [0.717, 1.165) is 16.7 Å². The summed E-state index contributed by atoms with van der Waals surface area (Å²) in [6, 6.07) is 52.5. The van der Waals surface area contributed by atoms with Crippen molar-refractivity contribution < 1.29 is 0 Å². The van der Waals surface area contributed by atoms with Crippen molar-refractivity contribution in [1.29, 1.82) is 0 Å². The summed E-state index contributed by atoms with van der Waals surface area (Å²) in [7, 11) is 0. The maximum Gasteiger partial charge on any atom is 0.147 e. The van der Waals surface area contributed by atoms with E-state index in [1.807, 2.05) is 0 Å². The van der Waals surface area contributed by atoms with Crippen LogP contribution in [0, 0.1) is 0 Å². The smallest absolute Gasteiger partial charge is 0.147 e. The quantitative estimate of drug-likeness (QED) is 0.207. The minimum absolute atomic E-state index is 1.01. The average molecular weight is 521 g/mol. The average Bonchev–Trinajstić information content (AvgIpc) is 3.44. The Labute approximate surface area is 236 Å². The zero-order valence-electron chi connectivity index (χ0n) is 22.3. The Morgan fingerprint density at radius 2 is 1.02 bits per heavy atom. The van der Waals surface area contributed by atoms with Gasteiger partial charge >= 0.3 is 0 Å². The molecule has 41 heavy (non-hydrogen) atoms. The van der Waals surface area contributed by atoms with Crippen molar-refractivity contribution in [2.75, 3.05) is 0 Å². The van der Waals surface area contributed by atoms with Crippen molar-refractivity contribution in [1.82, 2.24) is 9.38 Å². The third kappa shape index (κ3) is 3.22. The van der Waals surface area contributed by atoms with Gasteiger partial charge in [-0.25, -0.2) is 4.98 Å². The van der Waals surface area contributed by atoms with Crippen LogP contribution in [0.1, 0.15) is 0 Å². The Morgan fingerprint density at radius 1 is 0.415 bits per heavy atom. The molecule has 0 saturated heterocycles. The van der Waals surface area contributed by atoms with Gasteiger partial charge < -0.3 is 0 Å². The molecule has 0 aliphatic rings. The summed E-state index contributed by atoms with van der Waals surface area (Å²) >= 11 is 0. The van der Waals surface area contributed by atoms with Gasteiger partial charge in [-0.3, -0.25) is 4.40 Å². The second-order valence-electron chi connectivity index (χ2n) is 10.8. The van der Waals surface area contributed by atoms with E-state index in [4.69, 9.17) is 4.98 Å². The highest BCUT2D eigenvalue weighted by molar-refractivity contribution is 6.26. The fourth-order valence-electron chi connectivity index (χ4n) is 6.71.